The summed E-state index contributed by atoms with van der Waals surface area (Å²) in [7, 11) is 0. The van der Waals surface area contributed by atoms with Crippen molar-refractivity contribution >= 4 is 11.6 Å². The number of rotatable bonds is 3. The van der Waals surface area contributed by atoms with Crippen LogP contribution in [0.4, 0.5) is 23.2 Å². The highest BCUT2D eigenvalue weighted by Gasteiger charge is 2.42. The summed E-state index contributed by atoms with van der Waals surface area (Å²) in [6, 6.07) is 0.883. The van der Waals surface area contributed by atoms with E-state index in [1.807, 2.05) is 0 Å². The fourth-order valence-corrected chi connectivity index (χ4v) is 1.43. The summed E-state index contributed by atoms with van der Waals surface area (Å²) in [5.74, 6) is -2.59. The average molecular weight is 266 g/mol. The van der Waals surface area contributed by atoms with Gasteiger partial charge >= 0.3 is 6.18 Å². The molecule has 2 N–H and O–H groups in total. The van der Waals surface area contributed by atoms with Crippen LogP contribution in [0.3, 0.4) is 0 Å². The van der Waals surface area contributed by atoms with Gasteiger partial charge in [0.2, 0.25) is 5.91 Å². The molecule has 1 amide bonds. The molecule has 5 nitrogen and oxygen atoms in total. The number of carbonyl (C=O) groups excluding carboxylic acids is 1. The van der Waals surface area contributed by atoms with E-state index in [2.05, 4.69) is 5.73 Å². The second-order valence-electron chi connectivity index (χ2n) is 3.32. The second kappa shape index (κ2) is 4.59. The van der Waals surface area contributed by atoms with Gasteiger partial charge in [0, 0.05) is 11.6 Å². The number of nitro groups is 1. The topological polar surface area (TPSA) is 86.2 Å². The highest BCUT2D eigenvalue weighted by Crippen LogP contribution is 2.39. The van der Waals surface area contributed by atoms with E-state index in [0.29, 0.717) is 12.1 Å². The Labute approximate surface area is 97.3 Å². The van der Waals surface area contributed by atoms with Gasteiger partial charge < -0.3 is 5.73 Å². The first-order chi connectivity index (χ1) is 8.14. The highest BCUT2D eigenvalue weighted by atomic mass is 19.4. The Morgan fingerprint density at radius 1 is 1.39 bits per heavy atom. The lowest BCUT2D eigenvalue weighted by molar-refractivity contribution is -0.388. The van der Waals surface area contributed by atoms with Gasteiger partial charge in [-0.1, -0.05) is 0 Å². The molecule has 0 bridgehead atoms. The molecule has 0 atom stereocenters. The minimum atomic E-state index is -5.16. The van der Waals surface area contributed by atoms with Gasteiger partial charge in [0.1, 0.15) is 11.4 Å². The van der Waals surface area contributed by atoms with Crippen molar-refractivity contribution < 1.29 is 27.3 Å². The molecule has 0 heterocycles. The summed E-state index contributed by atoms with van der Waals surface area (Å²) < 4.78 is 51.3. The molecule has 0 aliphatic carbocycles. The van der Waals surface area contributed by atoms with Crippen LogP contribution in [-0.4, -0.2) is 10.8 Å². The van der Waals surface area contributed by atoms with Gasteiger partial charge in [-0.2, -0.15) is 13.2 Å². The van der Waals surface area contributed by atoms with Crippen molar-refractivity contribution in [2.45, 2.75) is 12.6 Å². The number of hydrogen-bond donors (Lipinski definition) is 1. The molecule has 0 aliphatic heterocycles. The summed E-state index contributed by atoms with van der Waals surface area (Å²) in [5, 5.41) is 10.5. The molecule has 0 fully saturated rings. The lowest BCUT2D eigenvalue weighted by atomic mass is 10.0. The molecule has 0 aliphatic rings. The largest absolute Gasteiger partial charge is 0.423 e. The normalized spacial score (nSPS) is 11.3. The molecule has 0 saturated carbocycles. The van der Waals surface area contributed by atoms with Crippen LogP contribution in [0.5, 0.6) is 0 Å². The van der Waals surface area contributed by atoms with Gasteiger partial charge in [-0.3, -0.25) is 14.9 Å². The average Bonchev–Trinajstić information content (AvgIpc) is 2.17. The van der Waals surface area contributed by atoms with Crippen molar-refractivity contribution in [1.29, 1.82) is 0 Å². The van der Waals surface area contributed by atoms with Crippen molar-refractivity contribution in [3.8, 4) is 0 Å². The SMILES string of the molecule is NC(=O)Cc1c(F)ccc([N+](=O)[O-])c1C(F)(F)F. The van der Waals surface area contributed by atoms with Crippen LogP contribution < -0.4 is 5.73 Å². The van der Waals surface area contributed by atoms with Crippen LogP contribution >= 0.6 is 0 Å². The van der Waals surface area contributed by atoms with E-state index in [-0.39, 0.29) is 0 Å². The van der Waals surface area contributed by atoms with E-state index in [9.17, 15) is 32.5 Å². The zero-order valence-electron chi connectivity index (χ0n) is 8.62. The third-order valence-electron chi connectivity index (χ3n) is 2.06. The van der Waals surface area contributed by atoms with Crippen molar-refractivity contribution in [3.63, 3.8) is 0 Å². The standard InChI is InChI=1S/C9H6F4N2O3/c10-5-1-2-6(15(17)18)8(9(11,12)13)4(5)3-7(14)16/h1-2H,3H2,(H2,14,16). The number of nitro benzene ring substituents is 1. The molecular formula is C9H6F4N2O3. The number of benzene rings is 1. The van der Waals surface area contributed by atoms with Crippen molar-refractivity contribution in [1.82, 2.24) is 0 Å². The zero-order chi connectivity index (χ0) is 14.1. The Morgan fingerprint density at radius 3 is 2.33 bits per heavy atom. The quantitative estimate of drug-likeness (QED) is 0.514. The Hall–Kier alpha value is -2.19. The summed E-state index contributed by atoms with van der Waals surface area (Å²) in [6.45, 7) is 0. The zero-order valence-corrected chi connectivity index (χ0v) is 8.62. The van der Waals surface area contributed by atoms with Crippen molar-refractivity contribution in [2.75, 3.05) is 0 Å². The number of nitrogens with zero attached hydrogens (tertiary/aromatic N) is 1. The number of hydrogen-bond acceptors (Lipinski definition) is 3. The number of amides is 1. The Bertz CT molecular complexity index is 513. The maximum Gasteiger partial charge on any atom is 0.423 e. The number of nitrogens with two attached hydrogens (primary N) is 1. The van der Waals surface area contributed by atoms with E-state index in [0.717, 1.165) is 0 Å². The third-order valence-corrected chi connectivity index (χ3v) is 2.06. The van der Waals surface area contributed by atoms with E-state index >= 15 is 0 Å². The van der Waals surface area contributed by atoms with Crippen LogP contribution in [0.25, 0.3) is 0 Å². The fourth-order valence-electron chi connectivity index (χ4n) is 1.43. The number of primary amides is 1. The molecule has 1 aromatic rings. The number of alkyl halides is 3. The van der Waals surface area contributed by atoms with Crippen LogP contribution in [-0.2, 0) is 17.4 Å². The smallest absolute Gasteiger partial charge is 0.369 e. The Kier molecular flexibility index (Phi) is 3.54. The van der Waals surface area contributed by atoms with Crippen LogP contribution in [0.1, 0.15) is 11.1 Å². The molecule has 0 radical (unpaired) electrons. The van der Waals surface area contributed by atoms with Gasteiger partial charge in [-0.15, -0.1) is 0 Å². The van der Waals surface area contributed by atoms with E-state index in [1.165, 1.54) is 0 Å². The summed E-state index contributed by atoms with van der Waals surface area (Å²) >= 11 is 0. The summed E-state index contributed by atoms with van der Waals surface area (Å²) in [5.41, 5.74) is 0.463. The second-order valence-corrected chi connectivity index (χ2v) is 3.32. The molecule has 0 spiro atoms. The van der Waals surface area contributed by atoms with Crippen LogP contribution in [0.15, 0.2) is 12.1 Å². The van der Waals surface area contributed by atoms with Crippen LogP contribution in [0, 0.1) is 15.9 Å². The van der Waals surface area contributed by atoms with Gasteiger partial charge in [-0.25, -0.2) is 4.39 Å². The lowest BCUT2D eigenvalue weighted by Crippen LogP contribution is -2.20. The maximum atomic E-state index is 13.3. The van der Waals surface area contributed by atoms with E-state index in [4.69, 9.17) is 0 Å². The molecule has 18 heavy (non-hydrogen) atoms. The minimum Gasteiger partial charge on any atom is -0.369 e. The highest BCUT2D eigenvalue weighted by molar-refractivity contribution is 5.77. The number of halogens is 4. The molecule has 98 valence electrons. The van der Waals surface area contributed by atoms with Crippen molar-refractivity contribution in [2.24, 2.45) is 5.73 Å². The molecule has 1 rings (SSSR count). The fraction of sp³-hybridized carbons (Fsp3) is 0.222. The first-order valence-corrected chi connectivity index (χ1v) is 4.46. The Morgan fingerprint density at radius 2 is 1.94 bits per heavy atom. The minimum absolute atomic E-state index is 0.392. The van der Waals surface area contributed by atoms with Crippen molar-refractivity contribution in [3.05, 3.63) is 39.2 Å². The van der Waals surface area contributed by atoms with Gasteiger partial charge in [-0.05, 0) is 6.07 Å². The molecular weight excluding hydrogens is 260 g/mol. The molecule has 0 aromatic heterocycles. The van der Waals surface area contributed by atoms with Crippen LogP contribution in [0.2, 0.25) is 0 Å². The predicted molar refractivity (Wildman–Crippen MR) is 51.0 cm³/mol. The third kappa shape index (κ3) is 2.73. The predicted octanol–water partition coefficient (Wildman–Crippen LogP) is 1.78. The first kappa shape index (κ1) is 13.9. The van der Waals surface area contributed by atoms with Gasteiger partial charge in [0.15, 0.2) is 0 Å². The number of carbonyl (C=O) groups is 1. The van der Waals surface area contributed by atoms with E-state index < -0.39 is 46.1 Å². The summed E-state index contributed by atoms with van der Waals surface area (Å²) in [4.78, 5) is 19.8. The molecule has 0 unspecified atom stereocenters. The monoisotopic (exact) mass is 266 g/mol. The maximum absolute atomic E-state index is 13.3. The summed E-state index contributed by atoms with van der Waals surface area (Å²) in [6.07, 6.45) is -6.22. The Balaban J connectivity index is 3.60. The lowest BCUT2D eigenvalue weighted by Gasteiger charge is -2.12. The first-order valence-electron chi connectivity index (χ1n) is 4.46. The molecule has 9 heteroatoms. The van der Waals surface area contributed by atoms with Gasteiger partial charge in [0.25, 0.3) is 5.69 Å². The van der Waals surface area contributed by atoms with Gasteiger partial charge in [0.05, 0.1) is 11.3 Å². The molecule has 1 aromatic carbocycles. The van der Waals surface area contributed by atoms with E-state index in [1.54, 1.807) is 0 Å². The molecule has 0 saturated heterocycles.